The zero-order chi connectivity index (χ0) is 15.3. The van der Waals surface area contributed by atoms with Crippen molar-refractivity contribution in [3.05, 3.63) is 35.0 Å². The maximum Gasteiger partial charge on any atom is 0.250 e. The lowest BCUT2D eigenvalue weighted by atomic mass is 10.3. The Hall–Kier alpha value is -1.22. The lowest BCUT2D eigenvalue weighted by Gasteiger charge is -2.05. The zero-order valence-electron chi connectivity index (χ0n) is 12.2. The van der Waals surface area contributed by atoms with Crippen LogP contribution in [0.25, 0.3) is 0 Å². The van der Waals surface area contributed by atoms with Gasteiger partial charge in [-0.25, -0.2) is 13.1 Å². The number of likely N-dealkylation sites (N-methyl/N-ethyl adjacent to an activating group) is 1. The summed E-state index contributed by atoms with van der Waals surface area (Å²) < 4.78 is 29.0. The van der Waals surface area contributed by atoms with Crippen molar-refractivity contribution in [2.24, 2.45) is 0 Å². The molecule has 0 bridgehead atoms. The van der Waals surface area contributed by atoms with Gasteiger partial charge in [-0.3, -0.25) is 4.68 Å². The molecule has 0 aliphatic carbocycles. The second-order valence-corrected chi connectivity index (χ2v) is 7.91. The van der Waals surface area contributed by atoms with Crippen molar-refractivity contribution in [1.82, 2.24) is 19.8 Å². The van der Waals surface area contributed by atoms with Gasteiger partial charge >= 0.3 is 0 Å². The van der Waals surface area contributed by atoms with E-state index in [1.807, 2.05) is 26.2 Å². The van der Waals surface area contributed by atoms with Crippen LogP contribution in [0.15, 0.2) is 28.7 Å². The molecular formula is C13H20N4O2S2. The Morgan fingerprint density at radius 3 is 2.81 bits per heavy atom. The smallest absolute Gasteiger partial charge is 0.250 e. The summed E-state index contributed by atoms with van der Waals surface area (Å²) in [6, 6.07) is 3.53. The molecule has 116 valence electrons. The summed E-state index contributed by atoms with van der Waals surface area (Å²) in [7, 11) is -1.54. The van der Waals surface area contributed by atoms with Gasteiger partial charge in [0.25, 0.3) is 0 Å². The predicted molar refractivity (Wildman–Crippen MR) is 84.1 cm³/mol. The lowest BCUT2D eigenvalue weighted by molar-refractivity contribution is 0.562. The molecule has 6 nitrogen and oxygen atoms in total. The molecule has 8 heteroatoms. The van der Waals surface area contributed by atoms with Crippen LogP contribution < -0.4 is 10.0 Å². The normalized spacial score (nSPS) is 11.9. The number of nitrogens with one attached hydrogen (secondary N) is 2. The molecule has 2 rings (SSSR count). The molecule has 0 aromatic carbocycles. The maximum absolute atomic E-state index is 12.2. The van der Waals surface area contributed by atoms with Crippen molar-refractivity contribution in [1.29, 1.82) is 0 Å². The molecule has 2 heterocycles. The van der Waals surface area contributed by atoms with E-state index in [0.717, 1.165) is 23.4 Å². The van der Waals surface area contributed by atoms with E-state index in [-0.39, 0.29) is 0 Å². The van der Waals surface area contributed by atoms with Crippen LogP contribution in [-0.2, 0) is 23.0 Å². The molecule has 0 spiro atoms. The van der Waals surface area contributed by atoms with Crippen LogP contribution in [0.2, 0.25) is 0 Å². The number of hydrogen-bond donors (Lipinski definition) is 2. The average molecular weight is 328 g/mol. The minimum Gasteiger partial charge on any atom is -0.319 e. The fourth-order valence-corrected chi connectivity index (χ4v) is 4.26. The van der Waals surface area contributed by atoms with Gasteiger partial charge in [0.05, 0.1) is 12.7 Å². The molecular weight excluding hydrogens is 308 g/mol. The standard InChI is InChI=1S/C13H20N4O2S2/c1-11-9-15-17(10-11)8-7-16-21(18,19)13-4-3-12(20-13)5-6-14-2/h3-4,9-10,14,16H,5-8H2,1-2H3. The molecule has 2 aromatic heterocycles. The van der Waals surface area contributed by atoms with E-state index in [4.69, 9.17) is 0 Å². The Morgan fingerprint density at radius 2 is 2.14 bits per heavy atom. The highest BCUT2D eigenvalue weighted by Gasteiger charge is 2.16. The van der Waals surface area contributed by atoms with Crippen LogP contribution in [0, 0.1) is 6.92 Å². The van der Waals surface area contributed by atoms with Gasteiger partial charge in [0, 0.05) is 17.6 Å². The second kappa shape index (κ2) is 7.17. The van der Waals surface area contributed by atoms with E-state index in [2.05, 4.69) is 15.1 Å². The van der Waals surface area contributed by atoms with Gasteiger partial charge in [-0.1, -0.05) is 0 Å². The number of aryl methyl sites for hydroxylation is 1. The third-order valence-electron chi connectivity index (χ3n) is 2.92. The van der Waals surface area contributed by atoms with Crippen LogP contribution in [0.4, 0.5) is 0 Å². The van der Waals surface area contributed by atoms with E-state index >= 15 is 0 Å². The first kappa shape index (κ1) is 16.2. The predicted octanol–water partition coefficient (Wildman–Crippen LogP) is 0.993. The van der Waals surface area contributed by atoms with Gasteiger partial charge < -0.3 is 5.32 Å². The quantitative estimate of drug-likeness (QED) is 0.758. The van der Waals surface area contributed by atoms with Crippen molar-refractivity contribution in [3.8, 4) is 0 Å². The highest BCUT2D eigenvalue weighted by atomic mass is 32.2. The van der Waals surface area contributed by atoms with E-state index in [0.29, 0.717) is 17.3 Å². The second-order valence-electron chi connectivity index (χ2n) is 4.75. The van der Waals surface area contributed by atoms with Crippen LogP contribution >= 0.6 is 11.3 Å². The minimum absolute atomic E-state index is 0.327. The number of hydrogen-bond acceptors (Lipinski definition) is 5. The lowest BCUT2D eigenvalue weighted by Crippen LogP contribution is -2.26. The van der Waals surface area contributed by atoms with E-state index in [9.17, 15) is 8.42 Å². The van der Waals surface area contributed by atoms with E-state index in [1.54, 1.807) is 16.9 Å². The van der Waals surface area contributed by atoms with E-state index < -0.39 is 10.0 Å². The average Bonchev–Trinajstić information content (AvgIpc) is 3.06. The highest BCUT2D eigenvalue weighted by Crippen LogP contribution is 2.21. The van der Waals surface area contributed by atoms with Crippen LogP contribution in [0.3, 0.4) is 0 Å². The first-order chi connectivity index (χ1) is 10.0. The van der Waals surface area contributed by atoms with Crippen LogP contribution in [0.5, 0.6) is 0 Å². The maximum atomic E-state index is 12.2. The molecule has 0 aliphatic rings. The van der Waals surface area contributed by atoms with Gasteiger partial charge in [-0.15, -0.1) is 11.3 Å². The molecule has 0 fully saturated rings. The Balaban J connectivity index is 1.90. The fourth-order valence-electron chi connectivity index (χ4n) is 1.84. The molecule has 21 heavy (non-hydrogen) atoms. The molecule has 0 saturated heterocycles. The highest BCUT2D eigenvalue weighted by molar-refractivity contribution is 7.91. The van der Waals surface area contributed by atoms with Crippen molar-refractivity contribution in [2.75, 3.05) is 20.1 Å². The van der Waals surface area contributed by atoms with Crippen molar-refractivity contribution < 1.29 is 8.42 Å². The molecule has 0 radical (unpaired) electrons. The molecule has 0 unspecified atom stereocenters. The Kier molecular flexibility index (Phi) is 5.51. The Bertz CT molecular complexity index is 676. The topological polar surface area (TPSA) is 76.0 Å². The molecule has 0 aliphatic heterocycles. The number of rotatable bonds is 8. The van der Waals surface area contributed by atoms with Gasteiger partial charge in [0.1, 0.15) is 4.21 Å². The summed E-state index contributed by atoms with van der Waals surface area (Å²) >= 11 is 1.32. The Morgan fingerprint density at radius 1 is 1.33 bits per heavy atom. The summed E-state index contributed by atoms with van der Waals surface area (Å²) in [5.41, 5.74) is 1.06. The Labute approximate surface area is 129 Å². The monoisotopic (exact) mass is 328 g/mol. The fraction of sp³-hybridized carbons (Fsp3) is 0.462. The minimum atomic E-state index is -3.42. The zero-order valence-corrected chi connectivity index (χ0v) is 13.8. The molecule has 2 N–H and O–H groups in total. The van der Waals surface area contributed by atoms with Gasteiger partial charge in [-0.2, -0.15) is 5.10 Å². The number of aromatic nitrogens is 2. The summed E-state index contributed by atoms with van der Waals surface area (Å²) in [5, 5.41) is 7.17. The SMILES string of the molecule is CNCCc1ccc(S(=O)(=O)NCCn2cc(C)cn2)s1. The van der Waals surface area contributed by atoms with Crippen LogP contribution in [-0.4, -0.2) is 38.3 Å². The molecule has 2 aromatic rings. The number of thiophene rings is 1. The van der Waals surface area contributed by atoms with Crippen molar-refractivity contribution >= 4 is 21.4 Å². The summed E-state index contributed by atoms with van der Waals surface area (Å²) in [4.78, 5) is 1.06. The first-order valence-electron chi connectivity index (χ1n) is 6.73. The number of nitrogens with zero attached hydrogens (tertiary/aromatic N) is 2. The molecule has 0 amide bonds. The summed E-state index contributed by atoms with van der Waals surface area (Å²) in [6.07, 6.45) is 4.47. The largest absolute Gasteiger partial charge is 0.319 e. The molecule has 0 saturated carbocycles. The van der Waals surface area contributed by atoms with Gasteiger partial charge in [0.15, 0.2) is 0 Å². The summed E-state index contributed by atoms with van der Waals surface area (Å²) in [5.74, 6) is 0. The van der Waals surface area contributed by atoms with Gasteiger partial charge in [-0.05, 0) is 44.6 Å². The third-order valence-corrected chi connectivity index (χ3v) is 6.02. The first-order valence-corrected chi connectivity index (χ1v) is 9.03. The molecule has 0 atom stereocenters. The van der Waals surface area contributed by atoms with Crippen molar-refractivity contribution in [3.63, 3.8) is 0 Å². The van der Waals surface area contributed by atoms with Crippen LogP contribution in [0.1, 0.15) is 10.4 Å². The number of sulfonamides is 1. The summed E-state index contributed by atoms with van der Waals surface area (Å²) in [6.45, 7) is 3.64. The third kappa shape index (κ3) is 4.63. The van der Waals surface area contributed by atoms with Gasteiger partial charge in [0.2, 0.25) is 10.0 Å². The van der Waals surface area contributed by atoms with Crippen molar-refractivity contribution in [2.45, 2.75) is 24.1 Å². The van der Waals surface area contributed by atoms with E-state index in [1.165, 1.54) is 11.3 Å².